The molecule has 0 aliphatic carbocycles. The molecule has 5 nitrogen and oxygen atoms in total. The number of hydrogen-bond donors (Lipinski definition) is 1. The summed E-state index contributed by atoms with van der Waals surface area (Å²) in [5.41, 5.74) is 0.427. The Labute approximate surface area is 140 Å². The van der Waals surface area contributed by atoms with Gasteiger partial charge in [0.25, 0.3) is 0 Å². The maximum Gasteiger partial charge on any atom is 0.321 e. The molecule has 0 saturated carbocycles. The first-order valence-corrected chi connectivity index (χ1v) is 8.80. The lowest BCUT2D eigenvalue weighted by molar-refractivity contribution is 0.144. The zero-order valence-corrected chi connectivity index (χ0v) is 14.3. The molecule has 0 radical (unpaired) electrons. The van der Waals surface area contributed by atoms with Crippen LogP contribution in [0.15, 0.2) is 18.2 Å². The molecule has 1 atom stereocenters. The van der Waals surface area contributed by atoms with Gasteiger partial charge in [-0.05, 0) is 23.8 Å². The fourth-order valence-corrected chi connectivity index (χ4v) is 3.32. The normalized spacial score (nSPS) is 18.4. The molecule has 1 N–H and O–H groups in total. The van der Waals surface area contributed by atoms with Crippen LogP contribution in [0.1, 0.15) is 6.92 Å². The van der Waals surface area contributed by atoms with Crippen molar-refractivity contribution in [3.63, 3.8) is 0 Å². The second-order valence-electron chi connectivity index (χ2n) is 5.54. The van der Waals surface area contributed by atoms with E-state index in [0.29, 0.717) is 24.8 Å². The summed E-state index contributed by atoms with van der Waals surface area (Å²) in [5.74, 6) is 2.10. The number of urea groups is 1. The maximum absolute atomic E-state index is 14.0. The smallest absolute Gasteiger partial charge is 0.321 e. The van der Waals surface area contributed by atoms with Crippen LogP contribution in [0.3, 0.4) is 0 Å². The highest BCUT2D eigenvalue weighted by Crippen LogP contribution is 2.22. The number of carbonyl (C=O) groups excluding carboxylic acids is 1. The van der Waals surface area contributed by atoms with E-state index in [4.69, 9.17) is 9.47 Å². The monoisotopic (exact) mass is 342 g/mol. The topological polar surface area (TPSA) is 50.8 Å². The Kier molecular flexibility index (Phi) is 6.98. The predicted octanol–water partition coefficient (Wildman–Crippen LogP) is 3.07. The van der Waals surface area contributed by atoms with Gasteiger partial charge >= 0.3 is 6.03 Å². The molecular weight excluding hydrogens is 319 g/mol. The minimum absolute atomic E-state index is 0.153. The predicted molar refractivity (Wildman–Crippen MR) is 90.9 cm³/mol. The van der Waals surface area contributed by atoms with Crippen LogP contribution >= 0.6 is 11.8 Å². The van der Waals surface area contributed by atoms with Crippen LogP contribution < -0.4 is 10.1 Å². The van der Waals surface area contributed by atoms with E-state index in [1.54, 1.807) is 18.1 Å². The first-order chi connectivity index (χ1) is 11.1. The van der Waals surface area contributed by atoms with E-state index in [0.717, 1.165) is 18.1 Å². The number of halogens is 1. The molecule has 0 spiro atoms. The highest BCUT2D eigenvalue weighted by atomic mass is 32.2. The molecule has 1 aliphatic rings. The summed E-state index contributed by atoms with van der Waals surface area (Å²) in [6.07, 6.45) is 0. The van der Waals surface area contributed by atoms with Gasteiger partial charge in [0, 0.05) is 37.7 Å². The summed E-state index contributed by atoms with van der Waals surface area (Å²) in [6.45, 7) is 4.23. The average molecular weight is 342 g/mol. The molecule has 128 valence electrons. The molecule has 0 bridgehead atoms. The van der Waals surface area contributed by atoms with Gasteiger partial charge in [-0.15, -0.1) is 0 Å². The highest BCUT2D eigenvalue weighted by Gasteiger charge is 2.20. The molecule has 2 rings (SSSR count). The number of thioether (sulfide) groups is 1. The summed E-state index contributed by atoms with van der Waals surface area (Å²) >= 11 is 1.86. The van der Waals surface area contributed by atoms with E-state index < -0.39 is 5.82 Å². The van der Waals surface area contributed by atoms with Crippen LogP contribution in [0.4, 0.5) is 14.9 Å². The molecule has 0 aromatic heterocycles. The molecule has 23 heavy (non-hydrogen) atoms. The van der Waals surface area contributed by atoms with E-state index in [1.165, 1.54) is 12.1 Å². The largest absolute Gasteiger partial charge is 0.488 e. The van der Waals surface area contributed by atoms with Crippen LogP contribution in [0, 0.1) is 11.7 Å². The van der Waals surface area contributed by atoms with Gasteiger partial charge in [0.1, 0.15) is 6.61 Å². The van der Waals surface area contributed by atoms with Gasteiger partial charge < -0.3 is 19.7 Å². The second kappa shape index (κ2) is 8.98. The minimum atomic E-state index is -0.501. The number of rotatable bonds is 5. The van der Waals surface area contributed by atoms with Crippen LogP contribution in [0.2, 0.25) is 0 Å². The molecule has 1 fully saturated rings. The van der Waals surface area contributed by atoms with Crippen molar-refractivity contribution in [2.45, 2.75) is 6.92 Å². The van der Waals surface area contributed by atoms with E-state index in [-0.39, 0.29) is 18.4 Å². The van der Waals surface area contributed by atoms with E-state index in [9.17, 15) is 9.18 Å². The first-order valence-electron chi connectivity index (χ1n) is 7.65. The SMILES string of the molecule is COCCOc1ccc(NC(=O)N2CCSCC(C)C2)cc1F. The molecule has 1 saturated heterocycles. The van der Waals surface area contributed by atoms with Crippen LogP contribution in [0.5, 0.6) is 5.75 Å². The van der Waals surface area contributed by atoms with Crippen LogP contribution in [0.25, 0.3) is 0 Å². The lowest BCUT2D eigenvalue weighted by Crippen LogP contribution is -2.38. The second-order valence-corrected chi connectivity index (χ2v) is 6.69. The van der Waals surface area contributed by atoms with Gasteiger partial charge in [-0.1, -0.05) is 6.92 Å². The van der Waals surface area contributed by atoms with Crippen molar-refractivity contribution in [2.24, 2.45) is 5.92 Å². The summed E-state index contributed by atoms with van der Waals surface area (Å²) in [6, 6.07) is 4.24. The Hall–Kier alpha value is -1.47. The van der Waals surface area contributed by atoms with Gasteiger partial charge in [0.15, 0.2) is 11.6 Å². The number of carbonyl (C=O) groups is 1. The average Bonchev–Trinajstić information content (AvgIpc) is 2.74. The summed E-state index contributed by atoms with van der Waals surface area (Å²) < 4.78 is 24.1. The van der Waals surface area contributed by atoms with Gasteiger partial charge in [0.05, 0.1) is 6.61 Å². The number of hydrogen-bond acceptors (Lipinski definition) is 4. The molecule has 7 heteroatoms. The zero-order valence-electron chi connectivity index (χ0n) is 13.5. The van der Waals surface area contributed by atoms with Crippen molar-refractivity contribution in [3.05, 3.63) is 24.0 Å². The number of nitrogens with zero attached hydrogens (tertiary/aromatic N) is 1. The zero-order chi connectivity index (χ0) is 16.7. The molecule has 1 aromatic rings. The third-order valence-electron chi connectivity index (χ3n) is 3.46. The van der Waals surface area contributed by atoms with Crippen LogP contribution in [-0.4, -0.2) is 55.8 Å². The Balaban J connectivity index is 1.94. The fourth-order valence-electron chi connectivity index (χ4n) is 2.30. The summed E-state index contributed by atoms with van der Waals surface area (Å²) in [5, 5.41) is 2.75. The van der Waals surface area contributed by atoms with Crippen molar-refractivity contribution < 1.29 is 18.7 Å². The van der Waals surface area contributed by atoms with Gasteiger partial charge in [-0.25, -0.2) is 9.18 Å². The van der Waals surface area contributed by atoms with Gasteiger partial charge in [-0.2, -0.15) is 11.8 Å². The maximum atomic E-state index is 14.0. The van der Waals surface area contributed by atoms with Crippen LogP contribution in [-0.2, 0) is 4.74 Å². The Morgan fingerprint density at radius 2 is 2.30 bits per heavy atom. The molecule has 2 amide bonds. The van der Waals surface area contributed by atoms with E-state index in [2.05, 4.69) is 12.2 Å². The summed E-state index contributed by atoms with van der Waals surface area (Å²) in [7, 11) is 1.56. The molecule has 1 heterocycles. The van der Waals surface area contributed by atoms with Crippen molar-refractivity contribution in [1.82, 2.24) is 4.90 Å². The molecular formula is C16H23FN2O3S. The summed E-state index contributed by atoms with van der Waals surface area (Å²) in [4.78, 5) is 14.1. The third-order valence-corrected chi connectivity index (χ3v) is 4.73. The standard InChI is InChI=1S/C16H23FN2O3S/c1-12-10-19(5-8-23-11-12)16(20)18-13-3-4-15(14(17)9-13)22-7-6-21-2/h3-4,9,12H,5-8,10-11H2,1-2H3,(H,18,20). The lowest BCUT2D eigenvalue weighted by atomic mass is 10.2. The number of nitrogens with one attached hydrogen (secondary N) is 1. The molecule has 1 aliphatic heterocycles. The first kappa shape index (κ1) is 17.9. The molecule has 1 aromatic carbocycles. The van der Waals surface area contributed by atoms with Crippen molar-refractivity contribution in [1.29, 1.82) is 0 Å². The van der Waals surface area contributed by atoms with Crippen molar-refractivity contribution in [2.75, 3.05) is 50.2 Å². The number of amides is 2. The quantitative estimate of drug-likeness (QED) is 0.836. The van der Waals surface area contributed by atoms with Crippen molar-refractivity contribution >= 4 is 23.5 Å². The third kappa shape index (κ3) is 5.58. The Bertz CT molecular complexity index is 530. The number of methoxy groups -OCH3 is 1. The van der Waals surface area contributed by atoms with Crippen molar-refractivity contribution in [3.8, 4) is 5.75 Å². The lowest BCUT2D eigenvalue weighted by Gasteiger charge is -2.22. The Morgan fingerprint density at radius 3 is 3.04 bits per heavy atom. The number of benzene rings is 1. The van der Waals surface area contributed by atoms with Gasteiger partial charge in [-0.3, -0.25) is 0 Å². The Morgan fingerprint density at radius 1 is 1.48 bits per heavy atom. The van der Waals surface area contributed by atoms with E-state index in [1.807, 2.05) is 11.8 Å². The number of anilines is 1. The number of ether oxygens (including phenoxy) is 2. The minimum Gasteiger partial charge on any atom is -0.488 e. The van der Waals surface area contributed by atoms with E-state index >= 15 is 0 Å². The fraction of sp³-hybridized carbons (Fsp3) is 0.562. The van der Waals surface area contributed by atoms with Gasteiger partial charge in [0.2, 0.25) is 0 Å². The molecule has 1 unspecified atom stereocenters. The highest BCUT2D eigenvalue weighted by molar-refractivity contribution is 7.99.